The lowest BCUT2D eigenvalue weighted by Crippen LogP contribution is -2.44. The lowest BCUT2D eigenvalue weighted by molar-refractivity contribution is -0.114. The molecule has 1 N–H and O–H groups in total. The number of fused-ring (bicyclic) bond motifs is 1. The molecular formula is C29H28ClN3O2S. The first-order valence-corrected chi connectivity index (χ1v) is 13.3. The number of piperidine rings is 1. The van der Waals surface area contributed by atoms with Crippen molar-refractivity contribution in [3.8, 4) is 0 Å². The van der Waals surface area contributed by atoms with Gasteiger partial charge in [-0.15, -0.1) is 0 Å². The van der Waals surface area contributed by atoms with E-state index in [4.69, 9.17) is 11.6 Å². The highest BCUT2D eigenvalue weighted by atomic mass is 35.5. The summed E-state index contributed by atoms with van der Waals surface area (Å²) in [6, 6.07) is 23.7. The van der Waals surface area contributed by atoms with E-state index in [1.165, 1.54) is 17.3 Å². The maximum absolute atomic E-state index is 13.1. The zero-order valence-electron chi connectivity index (χ0n) is 20.1. The Bertz CT molecular complexity index is 1300. The van der Waals surface area contributed by atoms with Crippen molar-refractivity contribution in [1.82, 2.24) is 10.2 Å². The van der Waals surface area contributed by atoms with Crippen molar-refractivity contribution < 1.29 is 9.59 Å². The van der Waals surface area contributed by atoms with E-state index in [1.54, 1.807) is 11.9 Å². The van der Waals surface area contributed by atoms with Crippen LogP contribution in [0.1, 0.15) is 34.3 Å². The average molecular weight is 518 g/mol. The molecule has 0 radical (unpaired) electrons. The molecule has 0 aliphatic carbocycles. The van der Waals surface area contributed by atoms with Crippen molar-refractivity contribution in [3.63, 3.8) is 0 Å². The van der Waals surface area contributed by atoms with Crippen molar-refractivity contribution in [2.24, 2.45) is 0 Å². The molecule has 2 amide bonds. The van der Waals surface area contributed by atoms with Gasteiger partial charge in [-0.1, -0.05) is 71.9 Å². The Morgan fingerprint density at radius 2 is 1.78 bits per heavy atom. The number of hydrogen-bond donors (Lipinski definition) is 1. The molecule has 5 rings (SSSR count). The highest BCUT2D eigenvalue weighted by Crippen LogP contribution is 2.42. The summed E-state index contributed by atoms with van der Waals surface area (Å²) in [5, 5.41) is 3.80. The lowest BCUT2D eigenvalue weighted by atomic mass is 10.0. The van der Waals surface area contributed by atoms with E-state index in [-0.39, 0.29) is 17.9 Å². The lowest BCUT2D eigenvalue weighted by Gasteiger charge is -2.32. The topological polar surface area (TPSA) is 52.7 Å². The van der Waals surface area contributed by atoms with Crippen molar-refractivity contribution in [1.29, 1.82) is 0 Å². The number of carbonyl (C=O) groups excluding carboxylic acids is 2. The summed E-state index contributed by atoms with van der Waals surface area (Å²) in [7, 11) is 1.74. The van der Waals surface area contributed by atoms with Gasteiger partial charge >= 0.3 is 0 Å². The SMILES string of the molecule is CN1C(=O)C(=Cc2ccccc2Cl)Sc2ccc(C(=O)NC3CCN(Cc4ccccc4)CC3)cc21. The highest BCUT2D eigenvalue weighted by Gasteiger charge is 2.28. The third kappa shape index (κ3) is 5.51. The quantitative estimate of drug-likeness (QED) is 0.432. The van der Waals surface area contributed by atoms with Gasteiger partial charge in [0.15, 0.2) is 0 Å². The molecule has 1 saturated heterocycles. The molecular weight excluding hydrogens is 490 g/mol. The fourth-order valence-electron chi connectivity index (χ4n) is 4.61. The number of likely N-dealkylation sites (tertiary alicyclic amines) is 1. The molecule has 0 bridgehead atoms. The molecule has 36 heavy (non-hydrogen) atoms. The summed E-state index contributed by atoms with van der Waals surface area (Å²) in [6.07, 6.45) is 3.67. The standard InChI is InChI=1S/C29H28ClN3O2S/c1-32-25-17-22(11-12-26(25)36-27(29(32)35)18-21-9-5-6-10-24(21)30)28(34)31-23-13-15-33(16-14-23)19-20-7-3-2-4-8-20/h2-12,17-18,23H,13-16,19H2,1H3,(H,31,34). The number of halogens is 1. The van der Waals surface area contributed by atoms with Crippen LogP contribution >= 0.6 is 23.4 Å². The number of likely N-dealkylation sites (N-methyl/N-ethyl adjacent to an activating group) is 1. The van der Waals surface area contributed by atoms with Crippen molar-refractivity contribution in [3.05, 3.63) is 99.4 Å². The first kappa shape index (κ1) is 24.6. The van der Waals surface area contributed by atoms with Crippen molar-refractivity contribution in [2.75, 3.05) is 25.0 Å². The van der Waals surface area contributed by atoms with Gasteiger partial charge in [0.05, 0.1) is 10.6 Å². The number of rotatable bonds is 5. The number of nitrogens with one attached hydrogen (secondary N) is 1. The molecule has 0 atom stereocenters. The number of amides is 2. The zero-order valence-corrected chi connectivity index (χ0v) is 21.7. The van der Waals surface area contributed by atoms with Crippen LogP contribution in [0.25, 0.3) is 6.08 Å². The summed E-state index contributed by atoms with van der Waals surface area (Å²) in [4.78, 5) is 31.7. The Morgan fingerprint density at radius 3 is 2.53 bits per heavy atom. The summed E-state index contributed by atoms with van der Waals surface area (Å²) < 4.78 is 0. The second kappa shape index (κ2) is 10.9. The van der Waals surface area contributed by atoms with Crippen LogP contribution in [-0.4, -0.2) is 42.9 Å². The highest BCUT2D eigenvalue weighted by molar-refractivity contribution is 8.04. The first-order chi connectivity index (χ1) is 17.5. The van der Waals surface area contributed by atoms with Crippen molar-refractivity contribution >= 4 is 46.9 Å². The van der Waals surface area contributed by atoms with Gasteiger partial charge in [-0.25, -0.2) is 0 Å². The summed E-state index contributed by atoms with van der Waals surface area (Å²) >= 11 is 7.69. The van der Waals surface area contributed by atoms with Gasteiger partial charge in [0.2, 0.25) is 0 Å². The fourth-order valence-corrected chi connectivity index (χ4v) is 5.89. The minimum Gasteiger partial charge on any atom is -0.349 e. The van der Waals surface area contributed by atoms with Gasteiger partial charge < -0.3 is 10.2 Å². The minimum atomic E-state index is -0.115. The molecule has 184 valence electrons. The molecule has 2 aliphatic rings. The van der Waals surface area contributed by atoms with Crippen LogP contribution in [-0.2, 0) is 11.3 Å². The number of nitrogens with zero attached hydrogens (tertiary/aromatic N) is 2. The number of thioether (sulfide) groups is 1. The van der Waals surface area contributed by atoms with Gasteiger partial charge in [0.25, 0.3) is 11.8 Å². The average Bonchev–Trinajstić information content (AvgIpc) is 2.90. The molecule has 0 spiro atoms. The van der Waals surface area contributed by atoms with Gasteiger partial charge in [-0.05, 0) is 54.3 Å². The minimum absolute atomic E-state index is 0.0948. The third-order valence-electron chi connectivity index (χ3n) is 6.68. The van der Waals surface area contributed by atoms with Crippen LogP contribution in [0.5, 0.6) is 0 Å². The number of hydrogen-bond acceptors (Lipinski definition) is 4. The maximum atomic E-state index is 13.1. The van der Waals surface area contributed by atoms with E-state index in [9.17, 15) is 9.59 Å². The molecule has 0 unspecified atom stereocenters. The van der Waals surface area contributed by atoms with Gasteiger partial charge in [-0.3, -0.25) is 14.5 Å². The second-order valence-electron chi connectivity index (χ2n) is 9.19. The van der Waals surface area contributed by atoms with Crippen LogP contribution in [0.4, 0.5) is 5.69 Å². The predicted octanol–water partition coefficient (Wildman–Crippen LogP) is 5.84. The van der Waals surface area contributed by atoms with E-state index in [0.717, 1.165) is 48.6 Å². The van der Waals surface area contributed by atoms with Crippen LogP contribution < -0.4 is 10.2 Å². The predicted molar refractivity (Wildman–Crippen MR) is 147 cm³/mol. The summed E-state index contributed by atoms with van der Waals surface area (Å²) in [6.45, 7) is 2.86. The van der Waals surface area contributed by atoms with E-state index in [1.807, 2.05) is 54.6 Å². The van der Waals surface area contributed by atoms with E-state index in [0.29, 0.717) is 15.5 Å². The normalized spacial score (nSPS) is 17.8. The van der Waals surface area contributed by atoms with E-state index in [2.05, 4.69) is 34.5 Å². The summed E-state index contributed by atoms with van der Waals surface area (Å²) in [5.41, 5.74) is 3.43. The summed E-state index contributed by atoms with van der Waals surface area (Å²) in [5.74, 6) is -0.210. The van der Waals surface area contributed by atoms with Gasteiger partial charge in [0, 0.05) is 48.2 Å². The monoisotopic (exact) mass is 517 g/mol. The smallest absolute Gasteiger partial charge is 0.264 e. The molecule has 2 heterocycles. The van der Waals surface area contributed by atoms with Crippen LogP contribution in [0.3, 0.4) is 0 Å². The van der Waals surface area contributed by atoms with Crippen LogP contribution in [0.15, 0.2) is 82.6 Å². The first-order valence-electron chi connectivity index (χ1n) is 12.1. The molecule has 3 aromatic carbocycles. The third-order valence-corrected chi connectivity index (χ3v) is 8.10. The van der Waals surface area contributed by atoms with Crippen LogP contribution in [0, 0.1) is 0 Å². The maximum Gasteiger partial charge on any atom is 0.264 e. The molecule has 3 aromatic rings. The molecule has 1 fully saturated rings. The number of carbonyl (C=O) groups is 2. The Balaban J connectivity index is 1.23. The second-order valence-corrected chi connectivity index (χ2v) is 10.7. The molecule has 0 aromatic heterocycles. The van der Waals surface area contributed by atoms with Gasteiger partial charge in [-0.2, -0.15) is 0 Å². The Kier molecular flexibility index (Phi) is 7.46. The van der Waals surface area contributed by atoms with E-state index < -0.39 is 0 Å². The molecule has 7 heteroatoms. The van der Waals surface area contributed by atoms with Gasteiger partial charge in [0.1, 0.15) is 0 Å². The number of anilines is 1. The van der Waals surface area contributed by atoms with E-state index >= 15 is 0 Å². The Morgan fingerprint density at radius 1 is 1.06 bits per heavy atom. The zero-order chi connectivity index (χ0) is 25.1. The Hall–Kier alpha value is -3.06. The fraction of sp³-hybridized carbons (Fsp3) is 0.241. The molecule has 2 aliphatic heterocycles. The largest absolute Gasteiger partial charge is 0.349 e. The molecule has 5 nitrogen and oxygen atoms in total. The van der Waals surface area contributed by atoms with Crippen molar-refractivity contribution in [2.45, 2.75) is 30.3 Å². The Labute approximate surface area is 221 Å². The number of benzene rings is 3. The van der Waals surface area contributed by atoms with Crippen LogP contribution in [0.2, 0.25) is 5.02 Å². The molecule has 0 saturated carbocycles.